The van der Waals surface area contributed by atoms with Crippen molar-refractivity contribution >= 4 is 15.7 Å². The molecule has 0 heterocycles. The van der Waals surface area contributed by atoms with Crippen LogP contribution in [0.2, 0.25) is 0 Å². The fourth-order valence-electron chi connectivity index (χ4n) is 1.45. The van der Waals surface area contributed by atoms with Gasteiger partial charge in [0.2, 0.25) is 10.0 Å². The summed E-state index contributed by atoms with van der Waals surface area (Å²) in [7, 11) is -3.28. The van der Waals surface area contributed by atoms with Crippen LogP contribution in [0.15, 0.2) is 24.3 Å². The van der Waals surface area contributed by atoms with Gasteiger partial charge in [-0.25, -0.2) is 8.42 Å². The molecule has 0 bridgehead atoms. The number of hydrogen-bond donors (Lipinski definition) is 2. The number of benzene rings is 1. The van der Waals surface area contributed by atoms with Crippen molar-refractivity contribution in [3.8, 4) is 0 Å². The van der Waals surface area contributed by atoms with Gasteiger partial charge in [-0.15, -0.1) is 0 Å². The van der Waals surface area contributed by atoms with Crippen LogP contribution in [0, 0.1) is 5.92 Å². The van der Waals surface area contributed by atoms with Crippen molar-refractivity contribution in [2.75, 3.05) is 10.5 Å². The summed E-state index contributed by atoms with van der Waals surface area (Å²) in [5.74, 6) is 0.488. The van der Waals surface area contributed by atoms with E-state index in [1.807, 2.05) is 13.8 Å². The fraction of sp³-hybridized carbons (Fsp3) is 0.538. The zero-order valence-electron chi connectivity index (χ0n) is 11.1. The normalized spacial score (nSPS) is 13.6. The van der Waals surface area contributed by atoms with Crippen LogP contribution in [0.3, 0.4) is 0 Å². The summed E-state index contributed by atoms with van der Waals surface area (Å²) in [5.41, 5.74) is 1.29. The molecule has 0 saturated carbocycles. The first-order valence-corrected chi connectivity index (χ1v) is 7.74. The molecular formula is C13H21NO3S. The fourth-order valence-corrected chi connectivity index (χ4v) is 2.83. The van der Waals surface area contributed by atoms with E-state index in [2.05, 4.69) is 4.72 Å². The van der Waals surface area contributed by atoms with Gasteiger partial charge in [0.1, 0.15) is 0 Å². The van der Waals surface area contributed by atoms with Crippen molar-refractivity contribution in [2.45, 2.75) is 33.3 Å². The molecule has 1 atom stereocenters. The third-order valence-electron chi connectivity index (χ3n) is 2.63. The Kier molecular flexibility index (Phi) is 5.16. The third kappa shape index (κ3) is 5.06. The van der Waals surface area contributed by atoms with Crippen molar-refractivity contribution in [1.29, 1.82) is 0 Å². The summed E-state index contributed by atoms with van der Waals surface area (Å²) >= 11 is 0. The Labute approximate surface area is 109 Å². The number of nitrogens with one attached hydrogen (secondary N) is 1. The summed E-state index contributed by atoms with van der Waals surface area (Å²) in [6.45, 7) is 5.65. The molecule has 4 nitrogen and oxygen atoms in total. The molecule has 1 aromatic rings. The zero-order chi connectivity index (χ0) is 13.8. The second-order valence-corrected chi connectivity index (χ2v) is 6.74. The van der Waals surface area contributed by atoms with Crippen LogP contribution in [0.25, 0.3) is 0 Å². The minimum atomic E-state index is -3.28. The molecule has 0 aliphatic heterocycles. The minimum Gasteiger partial charge on any atom is -0.389 e. The maximum absolute atomic E-state index is 11.8. The first kappa shape index (κ1) is 15.0. The maximum atomic E-state index is 11.8. The molecule has 0 aliphatic carbocycles. The van der Waals surface area contributed by atoms with Crippen LogP contribution in [0.1, 0.15) is 38.9 Å². The molecule has 5 heteroatoms. The van der Waals surface area contributed by atoms with Crippen molar-refractivity contribution in [2.24, 2.45) is 5.92 Å². The topological polar surface area (TPSA) is 66.4 Å². The molecule has 0 radical (unpaired) electrons. The number of hydrogen-bond acceptors (Lipinski definition) is 3. The lowest BCUT2D eigenvalue weighted by Crippen LogP contribution is -2.17. The van der Waals surface area contributed by atoms with E-state index in [0.717, 1.165) is 5.56 Å². The van der Waals surface area contributed by atoms with Gasteiger partial charge in [0, 0.05) is 5.69 Å². The Morgan fingerprint density at radius 1 is 1.17 bits per heavy atom. The summed E-state index contributed by atoms with van der Waals surface area (Å²) in [5, 5.41) is 9.35. The lowest BCUT2D eigenvalue weighted by molar-refractivity contribution is 0.199. The molecule has 0 aromatic heterocycles. The monoisotopic (exact) mass is 271 g/mol. The van der Waals surface area contributed by atoms with Crippen molar-refractivity contribution in [3.05, 3.63) is 29.8 Å². The van der Waals surface area contributed by atoms with E-state index in [1.165, 1.54) is 0 Å². The smallest absolute Gasteiger partial charge is 0.232 e. The number of aliphatic hydroxyl groups is 1. The largest absolute Gasteiger partial charge is 0.389 e. The van der Waals surface area contributed by atoms with Crippen molar-refractivity contribution in [1.82, 2.24) is 0 Å². The Balaban J connectivity index is 2.66. The molecule has 0 amide bonds. The molecule has 1 unspecified atom stereocenters. The van der Waals surface area contributed by atoms with Crippen LogP contribution >= 0.6 is 0 Å². The SMILES string of the molecule is CC(C)CCS(=O)(=O)Nc1ccc(C(C)O)cc1. The predicted molar refractivity (Wildman–Crippen MR) is 73.9 cm³/mol. The Morgan fingerprint density at radius 3 is 2.17 bits per heavy atom. The maximum Gasteiger partial charge on any atom is 0.232 e. The predicted octanol–water partition coefficient (Wildman–Crippen LogP) is 2.53. The Morgan fingerprint density at radius 2 is 1.72 bits per heavy atom. The summed E-state index contributed by atoms with van der Waals surface area (Å²) < 4.78 is 26.1. The first-order chi connectivity index (χ1) is 8.30. The second kappa shape index (κ2) is 6.20. The molecule has 1 aromatic carbocycles. The number of sulfonamides is 1. The highest BCUT2D eigenvalue weighted by Gasteiger charge is 2.11. The van der Waals surface area contributed by atoms with E-state index in [-0.39, 0.29) is 5.75 Å². The van der Waals surface area contributed by atoms with Gasteiger partial charge in [-0.3, -0.25) is 4.72 Å². The second-order valence-electron chi connectivity index (χ2n) is 4.90. The van der Waals surface area contributed by atoms with Crippen molar-refractivity contribution < 1.29 is 13.5 Å². The highest BCUT2D eigenvalue weighted by Crippen LogP contribution is 2.17. The number of aliphatic hydroxyl groups excluding tert-OH is 1. The highest BCUT2D eigenvalue weighted by atomic mass is 32.2. The molecule has 2 N–H and O–H groups in total. The summed E-state index contributed by atoms with van der Waals surface area (Å²) in [4.78, 5) is 0. The van der Waals surface area contributed by atoms with Crippen LogP contribution in [-0.2, 0) is 10.0 Å². The van der Waals surface area contributed by atoms with Crippen LogP contribution in [0.4, 0.5) is 5.69 Å². The molecule has 0 saturated heterocycles. The number of anilines is 1. The van der Waals surface area contributed by atoms with E-state index in [4.69, 9.17) is 0 Å². The molecular weight excluding hydrogens is 250 g/mol. The summed E-state index contributed by atoms with van der Waals surface area (Å²) in [6.07, 6.45) is 0.0952. The lowest BCUT2D eigenvalue weighted by Gasteiger charge is -2.10. The molecule has 1 rings (SSSR count). The molecule has 0 fully saturated rings. The van der Waals surface area contributed by atoms with E-state index in [9.17, 15) is 13.5 Å². The molecule has 102 valence electrons. The van der Waals surface area contributed by atoms with Gasteiger partial charge in [-0.2, -0.15) is 0 Å². The molecule has 18 heavy (non-hydrogen) atoms. The summed E-state index contributed by atoms with van der Waals surface area (Å²) in [6, 6.07) is 6.75. The average Bonchev–Trinajstić information content (AvgIpc) is 2.27. The highest BCUT2D eigenvalue weighted by molar-refractivity contribution is 7.92. The van der Waals surface area contributed by atoms with E-state index < -0.39 is 16.1 Å². The van der Waals surface area contributed by atoms with Gasteiger partial charge in [0.05, 0.1) is 11.9 Å². The molecule has 0 aliphatic rings. The number of rotatable bonds is 6. The zero-order valence-corrected chi connectivity index (χ0v) is 11.9. The lowest BCUT2D eigenvalue weighted by atomic mass is 10.1. The van der Waals surface area contributed by atoms with Crippen LogP contribution < -0.4 is 4.72 Å². The van der Waals surface area contributed by atoms with Gasteiger partial charge in [0.25, 0.3) is 0 Å². The van der Waals surface area contributed by atoms with Crippen LogP contribution in [0.5, 0.6) is 0 Å². The minimum absolute atomic E-state index is 0.128. The third-order valence-corrected chi connectivity index (χ3v) is 3.95. The Bertz CT molecular complexity index is 464. The molecule has 0 spiro atoms. The Hall–Kier alpha value is -1.07. The van der Waals surface area contributed by atoms with Gasteiger partial charge in [-0.1, -0.05) is 26.0 Å². The van der Waals surface area contributed by atoms with Gasteiger partial charge in [0.15, 0.2) is 0 Å². The van der Waals surface area contributed by atoms with E-state index >= 15 is 0 Å². The van der Waals surface area contributed by atoms with Crippen LogP contribution in [-0.4, -0.2) is 19.3 Å². The standard InChI is InChI=1S/C13H21NO3S/c1-10(2)8-9-18(16,17)14-13-6-4-12(5-7-13)11(3)15/h4-7,10-11,14-15H,8-9H2,1-3H3. The van der Waals surface area contributed by atoms with E-state index in [1.54, 1.807) is 31.2 Å². The quantitative estimate of drug-likeness (QED) is 0.835. The van der Waals surface area contributed by atoms with Gasteiger partial charge < -0.3 is 5.11 Å². The average molecular weight is 271 g/mol. The van der Waals surface area contributed by atoms with Gasteiger partial charge >= 0.3 is 0 Å². The van der Waals surface area contributed by atoms with E-state index in [0.29, 0.717) is 18.0 Å². The first-order valence-electron chi connectivity index (χ1n) is 6.08. The van der Waals surface area contributed by atoms with Crippen molar-refractivity contribution in [3.63, 3.8) is 0 Å². The van der Waals surface area contributed by atoms with Gasteiger partial charge in [-0.05, 0) is 37.0 Å².